The van der Waals surface area contributed by atoms with Gasteiger partial charge in [-0.15, -0.1) is 0 Å². The van der Waals surface area contributed by atoms with Crippen LogP contribution in [0, 0.1) is 19.8 Å². The summed E-state index contributed by atoms with van der Waals surface area (Å²) in [6.07, 6.45) is 4.02. The minimum absolute atomic E-state index is 0.101. The number of hydrogen-bond acceptors (Lipinski definition) is 4. The van der Waals surface area contributed by atoms with Crippen molar-refractivity contribution in [1.82, 2.24) is 4.98 Å². The van der Waals surface area contributed by atoms with E-state index >= 15 is 0 Å². The maximum absolute atomic E-state index is 6.31. The fourth-order valence-electron chi connectivity index (χ4n) is 2.82. The van der Waals surface area contributed by atoms with E-state index in [0.29, 0.717) is 12.0 Å². The lowest BCUT2D eigenvalue weighted by atomic mass is 9.92. The summed E-state index contributed by atoms with van der Waals surface area (Å²) in [7, 11) is 1.70. The molecule has 4 heteroatoms. The summed E-state index contributed by atoms with van der Waals surface area (Å²) < 4.78 is 11.0. The fourth-order valence-corrected chi connectivity index (χ4v) is 2.82. The molecule has 0 aliphatic carbocycles. The van der Waals surface area contributed by atoms with Gasteiger partial charge in [0, 0.05) is 41.4 Å². The first-order valence-corrected chi connectivity index (χ1v) is 6.89. The monoisotopic (exact) mass is 264 g/mol. The molecule has 4 nitrogen and oxygen atoms in total. The normalized spacial score (nSPS) is 24.5. The van der Waals surface area contributed by atoms with Crippen LogP contribution in [0.25, 0.3) is 0 Å². The van der Waals surface area contributed by atoms with Crippen molar-refractivity contribution in [1.29, 1.82) is 0 Å². The Balaban J connectivity index is 2.11. The molecule has 0 bridgehead atoms. The SMILES string of the molecule is COc1c(C)cnc(CC(N)C2COC(C)C2)c1C. The highest BCUT2D eigenvalue weighted by Gasteiger charge is 2.28. The number of ether oxygens (including phenoxy) is 2. The average Bonchev–Trinajstić information content (AvgIpc) is 2.80. The molecule has 0 aromatic carbocycles. The van der Waals surface area contributed by atoms with E-state index in [1.165, 1.54) is 0 Å². The molecule has 3 atom stereocenters. The van der Waals surface area contributed by atoms with Crippen molar-refractivity contribution in [2.45, 2.75) is 45.8 Å². The van der Waals surface area contributed by atoms with E-state index in [0.717, 1.165) is 42.0 Å². The van der Waals surface area contributed by atoms with Crippen molar-refractivity contribution in [3.63, 3.8) is 0 Å². The molecular weight excluding hydrogens is 240 g/mol. The largest absolute Gasteiger partial charge is 0.496 e. The molecule has 0 saturated carbocycles. The van der Waals surface area contributed by atoms with Crippen molar-refractivity contribution in [2.75, 3.05) is 13.7 Å². The molecule has 1 saturated heterocycles. The van der Waals surface area contributed by atoms with E-state index in [-0.39, 0.29) is 6.04 Å². The second kappa shape index (κ2) is 5.88. The molecule has 3 unspecified atom stereocenters. The van der Waals surface area contributed by atoms with Crippen LogP contribution in [0.2, 0.25) is 0 Å². The minimum Gasteiger partial charge on any atom is -0.496 e. The van der Waals surface area contributed by atoms with Crippen LogP contribution < -0.4 is 10.5 Å². The van der Waals surface area contributed by atoms with E-state index < -0.39 is 0 Å². The molecule has 1 aliphatic heterocycles. The second-order valence-corrected chi connectivity index (χ2v) is 5.55. The molecule has 1 fully saturated rings. The van der Waals surface area contributed by atoms with E-state index in [2.05, 4.69) is 18.8 Å². The van der Waals surface area contributed by atoms with E-state index in [1.54, 1.807) is 7.11 Å². The highest BCUT2D eigenvalue weighted by molar-refractivity contribution is 5.41. The standard InChI is InChI=1S/C15H24N2O2/c1-9-7-17-14(11(3)15(9)18-4)6-13(16)12-5-10(2)19-8-12/h7,10,12-13H,5-6,8,16H2,1-4H3. The van der Waals surface area contributed by atoms with Gasteiger partial charge in [0.25, 0.3) is 0 Å². The molecular formula is C15H24N2O2. The first-order valence-electron chi connectivity index (χ1n) is 6.89. The summed E-state index contributed by atoms with van der Waals surface area (Å²) in [6, 6.07) is 0.101. The Kier molecular flexibility index (Phi) is 4.42. The van der Waals surface area contributed by atoms with E-state index in [9.17, 15) is 0 Å². The van der Waals surface area contributed by atoms with Crippen molar-refractivity contribution in [3.05, 3.63) is 23.0 Å². The van der Waals surface area contributed by atoms with Gasteiger partial charge >= 0.3 is 0 Å². The third-order valence-corrected chi connectivity index (χ3v) is 4.01. The lowest BCUT2D eigenvalue weighted by molar-refractivity contribution is 0.118. The van der Waals surface area contributed by atoms with Crippen LogP contribution in [0.15, 0.2) is 6.20 Å². The number of nitrogens with zero attached hydrogens (tertiary/aromatic N) is 1. The smallest absolute Gasteiger partial charge is 0.128 e. The topological polar surface area (TPSA) is 57.4 Å². The Morgan fingerprint density at radius 3 is 2.84 bits per heavy atom. The van der Waals surface area contributed by atoms with Crippen LogP contribution in [0.5, 0.6) is 5.75 Å². The van der Waals surface area contributed by atoms with Gasteiger partial charge in [-0.05, 0) is 27.2 Å². The molecule has 2 N–H and O–H groups in total. The molecule has 1 aromatic heterocycles. The van der Waals surface area contributed by atoms with E-state index in [4.69, 9.17) is 15.2 Å². The third kappa shape index (κ3) is 3.07. The molecule has 19 heavy (non-hydrogen) atoms. The molecule has 0 spiro atoms. The van der Waals surface area contributed by atoms with Crippen molar-refractivity contribution >= 4 is 0 Å². The quantitative estimate of drug-likeness (QED) is 0.903. The number of pyridine rings is 1. The van der Waals surface area contributed by atoms with Crippen molar-refractivity contribution in [2.24, 2.45) is 11.7 Å². The van der Waals surface area contributed by atoms with Crippen LogP contribution in [0.3, 0.4) is 0 Å². The molecule has 106 valence electrons. The van der Waals surface area contributed by atoms with E-state index in [1.807, 2.05) is 13.1 Å². The number of aromatic nitrogens is 1. The van der Waals surface area contributed by atoms with Crippen LogP contribution >= 0.6 is 0 Å². The first-order chi connectivity index (χ1) is 9.02. The Bertz CT molecular complexity index is 448. The van der Waals surface area contributed by atoms with Gasteiger partial charge in [-0.1, -0.05) is 0 Å². The fraction of sp³-hybridized carbons (Fsp3) is 0.667. The molecule has 0 radical (unpaired) electrons. The van der Waals surface area contributed by atoms with Gasteiger partial charge in [0.15, 0.2) is 0 Å². The van der Waals surface area contributed by atoms with Gasteiger partial charge in [0.2, 0.25) is 0 Å². The summed E-state index contributed by atoms with van der Waals surface area (Å²) in [5.41, 5.74) is 9.51. The summed E-state index contributed by atoms with van der Waals surface area (Å²) in [5.74, 6) is 1.36. The number of rotatable bonds is 4. The van der Waals surface area contributed by atoms with Gasteiger partial charge in [0.05, 0.1) is 19.8 Å². The Morgan fingerprint density at radius 1 is 1.53 bits per heavy atom. The molecule has 2 heterocycles. The maximum Gasteiger partial charge on any atom is 0.128 e. The predicted octanol–water partition coefficient (Wildman–Crippen LogP) is 2.00. The van der Waals surface area contributed by atoms with Crippen LogP contribution in [-0.4, -0.2) is 30.8 Å². The Labute approximate surface area is 115 Å². The molecule has 2 rings (SSSR count). The summed E-state index contributed by atoms with van der Waals surface area (Å²) in [5, 5.41) is 0. The molecule has 1 aromatic rings. The average molecular weight is 264 g/mol. The second-order valence-electron chi connectivity index (χ2n) is 5.55. The van der Waals surface area contributed by atoms with Crippen molar-refractivity contribution < 1.29 is 9.47 Å². The van der Waals surface area contributed by atoms with Gasteiger partial charge in [0.1, 0.15) is 5.75 Å². The summed E-state index contributed by atoms with van der Waals surface area (Å²) >= 11 is 0. The van der Waals surface area contributed by atoms with Crippen LogP contribution in [0.4, 0.5) is 0 Å². The molecule has 0 amide bonds. The lowest BCUT2D eigenvalue weighted by Crippen LogP contribution is -2.33. The zero-order valence-corrected chi connectivity index (χ0v) is 12.3. The first kappa shape index (κ1) is 14.3. The zero-order valence-electron chi connectivity index (χ0n) is 12.3. The third-order valence-electron chi connectivity index (χ3n) is 4.01. The number of nitrogens with two attached hydrogens (primary N) is 1. The summed E-state index contributed by atoms with van der Waals surface area (Å²) in [6.45, 7) is 6.93. The summed E-state index contributed by atoms with van der Waals surface area (Å²) in [4.78, 5) is 4.52. The number of hydrogen-bond donors (Lipinski definition) is 1. The van der Waals surface area contributed by atoms with Gasteiger partial charge in [-0.2, -0.15) is 0 Å². The zero-order chi connectivity index (χ0) is 14.0. The van der Waals surface area contributed by atoms with Gasteiger partial charge in [-0.3, -0.25) is 4.98 Å². The minimum atomic E-state index is 0.101. The highest BCUT2D eigenvalue weighted by atomic mass is 16.5. The van der Waals surface area contributed by atoms with Gasteiger partial charge in [-0.25, -0.2) is 0 Å². The Hall–Kier alpha value is -1.13. The van der Waals surface area contributed by atoms with Crippen molar-refractivity contribution in [3.8, 4) is 5.75 Å². The number of methoxy groups -OCH3 is 1. The van der Waals surface area contributed by atoms with Crippen LogP contribution in [-0.2, 0) is 11.2 Å². The Morgan fingerprint density at radius 2 is 2.26 bits per heavy atom. The predicted molar refractivity (Wildman–Crippen MR) is 75.5 cm³/mol. The van der Waals surface area contributed by atoms with Gasteiger partial charge < -0.3 is 15.2 Å². The lowest BCUT2D eigenvalue weighted by Gasteiger charge is -2.19. The number of aryl methyl sites for hydroxylation is 1. The molecule has 1 aliphatic rings. The van der Waals surface area contributed by atoms with Crippen LogP contribution in [0.1, 0.15) is 30.2 Å². The maximum atomic E-state index is 6.31. The highest BCUT2D eigenvalue weighted by Crippen LogP contribution is 2.27.